The molecular formula is C14H18N4O4. The van der Waals surface area contributed by atoms with Gasteiger partial charge in [-0.25, -0.2) is 4.79 Å². The van der Waals surface area contributed by atoms with Crippen LogP contribution in [0.4, 0.5) is 5.82 Å². The van der Waals surface area contributed by atoms with Crippen LogP contribution in [0, 0.1) is 23.2 Å². The molecule has 118 valence electrons. The number of hydrogen-bond donors (Lipinski definition) is 1. The number of nitrogens with zero attached hydrogens (tertiary/aromatic N) is 4. The summed E-state index contributed by atoms with van der Waals surface area (Å²) in [6, 6.07) is 1.85. The van der Waals surface area contributed by atoms with Gasteiger partial charge in [-0.05, 0) is 12.3 Å². The summed E-state index contributed by atoms with van der Waals surface area (Å²) in [5, 5.41) is 18.5. The third kappa shape index (κ3) is 2.50. The van der Waals surface area contributed by atoms with E-state index in [1.807, 2.05) is 13.0 Å². The van der Waals surface area contributed by atoms with Crippen molar-refractivity contribution in [3.8, 4) is 6.07 Å². The summed E-state index contributed by atoms with van der Waals surface area (Å²) in [5.74, 6) is -1.22. The van der Waals surface area contributed by atoms with E-state index in [0.29, 0.717) is 13.0 Å². The Balaban J connectivity index is 2.62. The minimum absolute atomic E-state index is 0.0838. The first-order valence-electron chi connectivity index (χ1n) is 6.95. The standard InChI is InChI=1S/C14H18N4O4/c1-8-4-9(13(20)21)7-18(6-8)11-10(5-15)12(19)17(3)14(22)16(11)2/h8-9H,4,6-7H2,1-3H3,(H,20,21). The summed E-state index contributed by atoms with van der Waals surface area (Å²) in [7, 11) is 2.79. The van der Waals surface area contributed by atoms with Crippen LogP contribution in [0.3, 0.4) is 0 Å². The topological polar surface area (TPSA) is 108 Å². The van der Waals surface area contributed by atoms with Gasteiger partial charge in [-0.3, -0.25) is 18.7 Å². The average Bonchev–Trinajstić information content (AvgIpc) is 2.47. The zero-order valence-electron chi connectivity index (χ0n) is 12.7. The van der Waals surface area contributed by atoms with Crippen LogP contribution in [-0.4, -0.2) is 33.3 Å². The van der Waals surface area contributed by atoms with Crippen molar-refractivity contribution >= 4 is 11.8 Å². The van der Waals surface area contributed by atoms with E-state index >= 15 is 0 Å². The summed E-state index contributed by atoms with van der Waals surface area (Å²) in [6.07, 6.45) is 0.534. The molecule has 2 heterocycles. The number of carbonyl (C=O) groups is 1. The van der Waals surface area contributed by atoms with Gasteiger partial charge in [-0.2, -0.15) is 5.26 Å². The van der Waals surface area contributed by atoms with Crippen molar-refractivity contribution in [1.82, 2.24) is 9.13 Å². The maximum Gasteiger partial charge on any atom is 0.332 e. The molecular weight excluding hydrogens is 288 g/mol. The van der Waals surface area contributed by atoms with E-state index in [1.165, 1.54) is 18.7 Å². The first kappa shape index (κ1) is 15.8. The molecule has 0 radical (unpaired) electrons. The van der Waals surface area contributed by atoms with Crippen LogP contribution in [0.1, 0.15) is 18.9 Å². The number of rotatable bonds is 2. The Bertz CT molecular complexity index is 771. The van der Waals surface area contributed by atoms with Crippen LogP contribution in [0.15, 0.2) is 9.59 Å². The van der Waals surface area contributed by atoms with E-state index in [4.69, 9.17) is 0 Å². The van der Waals surface area contributed by atoms with Gasteiger partial charge in [0.2, 0.25) is 0 Å². The van der Waals surface area contributed by atoms with Gasteiger partial charge in [0.05, 0.1) is 5.92 Å². The number of carboxylic acids is 1. The quantitative estimate of drug-likeness (QED) is 0.789. The molecule has 8 nitrogen and oxygen atoms in total. The molecule has 1 N–H and O–H groups in total. The lowest BCUT2D eigenvalue weighted by molar-refractivity contribution is -0.142. The van der Waals surface area contributed by atoms with E-state index in [1.54, 1.807) is 4.90 Å². The molecule has 0 spiro atoms. The molecule has 0 aliphatic carbocycles. The summed E-state index contributed by atoms with van der Waals surface area (Å²) in [6.45, 7) is 2.58. The highest BCUT2D eigenvalue weighted by Gasteiger charge is 2.32. The molecule has 0 amide bonds. The molecule has 2 unspecified atom stereocenters. The Kier molecular flexibility index (Phi) is 4.08. The molecule has 22 heavy (non-hydrogen) atoms. The second-order valence-corrected chi connectivity index (χ2v) is 5.80. The Labute approximate surface area is 126 Å². The number of aliphatic carboxylic acids is 1. The molecule has 1 aromatic rings. The van der Waals surface area contributed by atoms with E-state index in [-0.39, 0.29) is 23.8 Å². The zero-order chi connectivity index (χ0) is 16.6. The smallest absolute Gasteiger partial charge is 0.332 e. The number of aromatic nitrogens is 2. The maximum absolute atomic E-state index is 12.1. The molecule has 0 saturated carbocycles. The highest BCUT2D eigenvalue weighted by atomic mass is 16.4. The maximum atomic E-state index is 12.1. The molecule has 1 aliphatic rings. The van der Waals surface area contributed by atoms with Crippen molar-refractivity contribution in [1.29, 1.82) is 5.26 Å². The number of piperidine rings is 1. The SMILES string of the molecule is CC1CC(C(=O)O)CN(c2c(C#N)c(=O)n(C)c(=O)n2C)C1. The monoisotopic (exact) mass is 306 g/mol. The van der Waals surface area contributed by atoms with Crippen LogP contribution in [0.2, 0.25) is 0 Å². The van der Waals surface area contributed by atoms with E-state index in [9.17, 15) is 24.8 Å². The van der Waals surface area contributed by atoms with Crippen molar-refractivity contribution in [2.75, 3.05) is 18.0 Å². The number of carboxylic acid groups (broad SMARTS) is 1. The molecule has 2 atom stereocenters. The summed E-state index contributed by atoms with van der Waals surface area (Å²) >= 11 is 0. The summed E-state index contributed by atoms with van der Waals surface area (Å²) in [5.41, 5.74) is -1.34. The van der Waals surface area contributed by atoms with Crippen molar-refractivity contribution < 1.29 is 9.90 Å². The van der Waals surface area contributed by atoms with Crippen molar-refractivity contribution in [2.24, 2.45) is 25.9 Å². The number of hydrogen-bond acceptors (Lipinski definition) is 5. The van der Waals surface area contributed by atoms with Gasteiger partial charge in [0.1, 0.15) is 11.9 Å². The second kappa shape index (κ2) is 5.67. The van der Waals surface area contributed by atoms with E-state index in [2.05, 4.69) is 0 Å². The summed E-state index contributed by atoms with van der Waals surface area (Å²) < 4.78 is 2.11. The molecule has 1 aliphatic heterocycles. The van der Waals surface area contributed by atoms with Gasteiger partial charge in [0.15, 0.2) is 5.56 Å². The number of nitriles is 1. The Morgan fingerprint density at radius 3 is 2.45 bits per heavy atom. The predicted molar refractivity (Wildman–Crippen MR) is 78.8 cm³/mol. The highest BCUT2D eigenvalue weighted by molar-refractivity contribution is 5.71. The molecule has 2 rings (SSSR count). The third-order valence-electron chi connectivity index (χ3n) is 4.05. The Morgan fingerprint density at radius 1 is 1.27 bits per heavy atom. The van der Waals surface area contributed by atoms with Gasteiger partial charge in [-0.15, -0.1) is 0 Å². The zero-order valence-corrected chi connectivity index (χ0v) is 12.7. The van der Waals surface area contributed by atoms with Gasteiger partial charge in [0, 0.05) is 27.2 Å². The lowest BCUT2D eigenvalue weighted by atomic mass is 9.90. The lowest BCUT2D eigenvalue weighted by Crippen LogP contribution is -2.48. The van der Waals surface area contributed by atoms with Gasteiger partial charge < -0.3 is 10.0 Å². The van der Waals surface area contributed by atoms with Crippen LogP contribution < -0.4 is 16.1 Å². The third-order valence-corrected chi connectivity index (χ3v) is 4.05. The number of anilines is 1. The van der Waals surface area contributed by atoms with Gasteiger partial charge >= 0.3 is 11.7 Å². The Hall–Kier alpha value is -2.56. The minimum Gasteiger partial charge on any atom is -0.481 e. The van der Waals surface area contributed by atoms with E-state index < -0.39 is 23.1 Å². The second-order valence-electron chi connectivity index (χ2n) is 5.80. The first-order chi connectivity index (χ1) is 10.3. The predicted octanol–water partition coefficient (Wildman–Crippen LogP) is -0.497. The molecule has 0 bridgehead atoms. The van der Waals surface area contributed by atoms with Crippen LogP contribution in [0.5, 0.6) is 0 Å². The average molecular weight is 306 g/mol. The van der Waals surface area contributed by atoms with Crippen LogP contribution in [0.25, 0.3) is 0 Å². The Morgan fingerprint density at radius 2 is 1.91 bits per heavy atom. The van der Waals surface area contributed by atoms with Gasteiger partial charge in [0.25, 0.3) is 5.56 Å². The molecule has 1 fully saturated rings. The van der Waals surface area contributed by atoms with Crippen LogP contribution >= 0.6 is 0 Å². The van der Waals surface area contributed by atoms with Gasteiger partial charge in [-0.1, -0.05) is 6.92 Å². The van der Waals surface area contributed by atoms with Crippen molar-refractivity contribution in [3.63, 3.8) is 0 Å². The fourth-order valence-electron chi connectivity index (χ4n) is 3.00. The molecule has 8 heteroatoms. The van der Waals surface area contributed by atoms with Crippen molar-refractivity contribution in [2.45, 2.75) is 13.3 Å². The lowest BCUT2D eigenvalue weighted by Gasteiger charge is -2.37. The fourth-order valence-corrected chi connectivity index (χ4v) is 3.00. The molecule has 0 aromatic carbocycles. The first-order valence-corrected chi connectivity index (χ1v) is 6.95. The summed E-state index contributed by atoms with van der Waals surface area (Å²) in [4.78, 5) is 37.1. The van der Waals surface area contributed by atoms with E-state index in [0.717, 1.165) is 4.57 Å². The normalized spacial score (nSPS) is 21.5. The highest BCUT2D eigenvalue weighted by Crippen LogP contribution is 2.27. The largest absolute Gasteiger partial charge is 0.481 e. The minimum atomic E-state index is -0.913. The molecule has 1 aromatic heterocycles. The van der Waals surface area contributed by atoms with Crippen molar-refractivity contribution in [3.05, 3.63) is 26.4 Å². The molecule has 1 saturated heterocycles. The fraction of sp³-hybridized carbons (Fsp3) is 0.571. The van der Waals surface area contributed by atoms with Crippen LogP contribution in [-0.2, 0) is 18.9 Å².